The number of hydrogen-bond acceptors (Lipinski definition) is 3. The van der Waals surface area contributed by atoms with Gasteiger partial charge in [0.25, 0.3) is 0 Å². The number of nitrogens with two attached hydrogens (primary N) is 1. The molecule has 0 radical (unpaired) electrons. The lowest BCUT2D eigenvalue weighted by atomic mass is 10.2. The van der Waals surface area contributed by atoms with E-state index in [0.717, 1.165) is 23.4 Å². The standard InChI is InChI=1S/C13H15ClN2O/c1-16(8-10-4-5-17-9-10)12-3-2-11(7-15)13(14)6-12/h2-6,9H,7-8,15H2,1H3. The molecule has 90 valence electrons. The number of hydrogen-bond donors (Lipinski definition) is 1. The average molecular weight is 251 g/mol. The average Bonchev–Trinajstić information content (AvgIpc) is 2.81. The van der Waals surface area contributed by atoms with E-state index in [9.17, 15) is 0 Å². The second-order valence-electron chi connectivity index (χ2n) is 3.97. The highest BCUT2D eigenvalue weighted by atomic mass is 35.5. The molecule has 0 spiro atoms. The van der Waals surface area contributed by atoms with Crippen LogP contribution in [0.1, 0.15) is 11.1 Å². The van der Waals surface area contributed by atoms with Gasteiger partial charge in [0.05, 0.1) is 12.5 Å². The lowest BCUT2D eigenvalue weighted by Gasteiger charge is -2.19. The SMILES string of the molecule is CN(Cc1ccoc1)c1ccc(CN)c(Cl)c1. The molecule has 3 nitrogen and oxygen atoms in total. The summed E-state index contributed by atoms with van der Waals surface area (Å²) in [5, 5.41) is 0.712. The molecule has 17 heavy (non-hydrogen) atoms. The summed E-state index contributed by atoms with van der Waals surface area (Å²) in [7, 11) is 2.01. The van der Waals surface area contributed by atoms with E-state index in [0.29, 0.717) is 11.6 Å². The number of rotatable bonds is 4. The Hall–Kier alpha value is -1.45. The van der Waals surface area contributed by atoms with Crippen LogP contribution in [0, 0.1) is 0 Å². The first-order valence-corrected chi connectivity index (χ1v) is 5.79. The van der Waals surface area contributed by atoms with Gasteiger partial charge in [-0.1, -0.05) is 17.7 Å². The molecule has 0 aliphatic heterocycles. The Labute approximate surface area is 106 Å². The van der Waals surface area contributed by atoms with Crippen molar-refractivity contribution in [3.63, 3.8) is 0 Å². The van der Waals surface area contributed by atoms with E-state index in [2.05, 4.69) is 4.90 Å². The molecule has 2 rings (SSSR count). The molecule has 0 aliphatic carbocycles. The summed E-state index contributed by atoms with van der Waals surface area (Å²) in [6.07, 6.45) is 3.42. The molecular weight excluding hydrogens is 236 g/mol. The zero-order valence-electron chi connectivity index (χ0n) is 9.69. The first kappa shape index (κ1) is 12.0. The molecule has 2 aromatic rings. The minimum atomic E-state index is 0.463. The number of benzene rings is 1. The number of halogens is 1. The van der Waals surface area contributed by atoms with Crippen molar-refractivity contribution in [1.29, 1.82) is 0 Å². The summed E-state index contributed by atoms with van der Waals surface area (Å²) in [5.41, 5.74) is 8.74. The number of nitrogens with zero attached hydrogens (tertiary/aromatic N) is 1. The first-order chi connectivity index (χ1) is 8.20. The van der Waals surface area contributed by atoms with Crippen molar-refractivity contribution in [3.05, 3.63) is 52.9 Å². The van der Waals surface area contributed by atoms with Gasteiger partial charge in [0.15, 0.2) is 0 Å². The van der Waals surface area contributed by atoms with Crippen molar-refractivity contribution in [2.24, 2.45) is 5.73 Å². The molecule has 1 aromatic carbocycles. The smallest absolute Gasteiger partial charge is 0.0952 e. The van der Waals surface area contributed by atoms with E-state index in [4.69, 9.17) is 21.8 Å². The van der Waals surface area contributed by atoms with E-state index >= 15 is 0 Å². The van der Waals surface area contributed by atoms with Gasteiger partial charge in [-0.3, -0.25) is 0 Å². The Kier molecular flexibility index (Phi) is 3.71. The van der Waals surface area contributed by atoms with Gasteiger partial charge < -0.3 is 15.1 Å². The van der Waals surface area contributed by atoms with E-state index < -0.39 is 0 Å². The van der Waals surface area contributed by atoms with Gasteiger partial charge in [-0.15, -0.1) is 0 Å². The highest BCUT2D eigenvalue weighted by Gasteiger charge is 2.06. The maximum Gasteiger partial charge on any atom is 0.0952 e. The zero-order chi connectivity index (χ0) is 12.3. The highest BCUT2D eigenvalue weighted by Crippen LogP contribution is 2.23. The molecule has 4 heteroatoms. The van der Waals surface area contributed by atoms with Gasteiger partial charge in [-0.25, -0.2) is 0 Å². The summed E-state index contributed by atoms with van der Waals surface area (Å²) in [4.78, 5) is 2.11. The second kappa shape index (κ2) is 5.25. The van der Waals surface area contributed by atoms with E-state index in [1.807, 2.05) is 31.3 Å². The summed E-state index contributed by atoms with van der Waals surface area (Å²) in [6.45, 7) is 1.25. The predicted molar refractivity (Wildman–Crippen MR) is 70.2 cm³/mol. The van der Waals surface area contributed by atoms with Gasteiger partial charge in [0.2, 0.25) is 0 Å². The van der Waals surface area contributed by atoms with Gasteiger partial charge in [-0.2, -0.15) is 0 Å². The van der Waals surface area contributed by atoms with E-state index in [1.165, 1.54) is 0 Å². The Morgan fingerprint density at radius 1 is 1.35 bits per heavy atom. The van der Waals surface area contributed by atoms with Crippen LogP contribution < -0.4 is 10.6 Å². The minimum Gasteiger partial charge on any atom is -0.472 e. The minimum absolute atomic E-state index is 0.463. The second-order valence-corrected chi connectivity index (χ2v) is 4.37. The largest absolute Gasteiger partial charge is 0.472 e. The molecule has 1 aromatic heterocycles. The Balaban J connectivity index is 2.14. The van der Waals surface area contributed by atoms with Crippen LogP contribution in [0.25, 0.3) is 0 Å². The monoisotopic (exact) mass is 250 g/mol. The fraction of sp³-hybridized carbons (Fsp3) is 0.231. The van der Waals surface area contributed by atoms with Crippen LogP contribution in [0.2, 0.25) is 5.02 Å². The quantitative estimate of drug-likeness (QED) is 0.907. The molecule has 0 bridgehead atoms. The molecule has 0 atom stereocenters. The van der Waals surface area contributed by atoms with Crippen molar-refractivity contribution in [3.8, 4) is 0 Å². The fourth-order valence-corrected chi connectivity index (χ4v) is 1.94. The summed E-state index contributed by atoms with van der Waals surface area (Å²) in [5.74, 6) is 0. The van der Waals surface area contributed by atoms with Crippen LogP contribution in [0.15, 0.2) is 41.2 Å². The normalized spacial score (nSPS) is 10.5. The third-order valence-electron chi connectivity index (χ3n) is 2.70. The molecular formula is C13H15ClN2O. The highest BCUT2D eigenvalue weighted by molar-refractivity contribution is 6.31. The van der Waals surface area contributed by atoms with Gasteiger partial charge in [-0.05, 0) is 23.8 Å². The molecule has 2 N–H and O–H groups in total. The third-order valence-corrected chi connectivity index (χ3v) is 3.05. The Bertz CT molecular complexity index is 482. The van der Waals surface area contributed by atoms with E-state index in [1.54, 1.807) is 12.5 Å². The van der Waals surface area contributed by atoms with Crippen molar-refractivity contribution in [1.82, 2.24) is 0 Å². The van der Waals surface area contributed by atoms with Crippen LogP contribution in [0.3, 0.4) is 0 Å². The maximum atomic E-state index is 6.13. The van der Waals surface area contributed by atoms with Crippen molar-refractivity contribution in [2.75, 3.05) is 11.9 Å². The topological polar surface area (TPSA) is 42.4 Å². The zero-order valence-corrected chi connectivity index (χ0v) is 10.4. The van der Waals surface area contributed by atoms with Gasteiger partial charge >= 0.3 is 0 Å². The van der Waals surface area contributed by atoms with Crippen LogP contribution in [-0.2, 0) is 13.1 Å². The summed E-state index contributed by atoms with van der Waals surface area (Å²) in [6, 6.07) is 7.87. The van der Waals surface area contributed by atoms with E-state index in [-0.39, 0.29) is 0 Å². The van der Waals surface area contributed by atoms with Crippen LogP contribution in [0.5, 0.6) is 0 Å². The maximum absolute atomic E-state index is 6.13. The Morgan fingerprint density at radius 3 is 2.76 bits per heavy atom. The third kappa shape index (κ3) is 2.81. The van der Waals surface area contributed by atoms with Crippen molar-refractivity contribution >= 4 is 17.3 Å². The summed E-state index contributed by atoms with van der Waals surface area (Å²) >= 11 is 6.13. The lowest BCUT2D eigenvalue weighted by Crippen LogP contribution is -2.16. The molecule has 0 aliphatic rings. The molecule has 1 heterocycles. The van der Waals surface area contributed by atoms with Gasteiger partial charge in [0.1, 0.15) is 0 Å². The number of anilines is 1. The molecule has 0 saturated carbocycles. The van der Waals surface area contributed by atoms with Gasteiger partial charge in [0, 0.05) is 36.4 Å². The van der Waals surface area contributed by atoms with Crippen LogP contribution in [0.4, 0.5) is 5.69 Å². The van der Waals surface area contributed by atoms with Crippen LogP contribution in [-0.4, -0.2) is 7.05 Å². The molecule has 0 amide bonds. The molecule has 0 unspecified atom stereocenters. The Morgan fingerprint density at radius 2 is 2.18 bits per heavy atom. The van der Waals surface area contributed by atoms with Crippen molar-refractivity contribution < 1.29 is 4.42 Å². The molecule has 0 saturated heterocycles. The number of furan rings is 1. The first-order valence-electron chi connectivity index (χ1n) is 5.41. The van der Waals surface area contributed by atoms with Crippen molar-refractivity contribution in [2.45, 2.75) is 13.1 Å². The summed E-state index contributed by atoms with van der Waals surface area (Å²) < 4.78 is 5.04. The van der Waals surface area contributed by atoms with Crippen LogP contribution >= 0.6 is 11.6 Å². The predicted octanol–water partition coefficient (Wildman–Crippen LogP) is 3.03. The molecule has 0 fully saturated rings. The fourth-order valence-electron chi connectivity index (χ4n) is 1.69. The lowest BCUT2D eigenvalue weighted by molar-refractivity contribution is 0.563.